The highest BCUT2D eigenvalue weighted by atomic mass is 16.7. The molecule has 0 rings (SSSR count). The molecule has 0 aliphatic carbocycles. The van der Waals surface area contributed by atoms with Gasteiger partial charge >= 0.3 is 17.9 Å². The number of quaternary nitrogens is 1. The minimum atomic E-state index is -1.51. The number of esters is 2. The van der Waals surface area contributed by atoms with Crippen molar-refractivity contribution >= 4 is 17.9 Å². The first-order valence-corrected chi connectivity index (χ1v) is 29.7. The van der Waals surface area contributed by atoms with E-state index < -0.39 is 24.3 Å². The molecule has 9 nitrogen and oxygen atoms in total. The first-order valence-electron chi connectivity index (χ1n) is 29.7. The zero-order chi connectivity index (χ0) is 51.3. The second-order valence-corrected chi connectivity index (χ2v) is 21.3. The summed E-state index contributed by atoms with van der Waals surface area (Å²) in [5.74, 6) is -2.00. The lowest BCUT2D eigenvalue weighted by Gasteiger charge is -2.25. The predicted molar refractivity (Wildman–Crippen MR) is 295 cm³/mol. The molecule has 0 saturated heterocycles. The number of hydrogen-bond acceptors (Lipinski definition) is 7. The summed E-state index contributed by atoms with van der Waals surface area (Å²) < 4.78 is 22.9. The molecule has 2 unspecified atom stereocenters. The Morgan fingerprint density at radius 2 is 0.771 bits per heavy atom. The summed E-state index contributed by atoms with van der Waals surface area (Å²) in [5, 5.41) is 9.70. The van der Waals surface area contributed by atoms with E-state index in [2.05, 4.69) is 50.3 Å². The van der Waals surface area contributed by atoms with E-state index >= 15 is 0 Å². The number of likely N-dealkylation sites (N-methyl/N-ethyl adjacent to an activating group) is 1. The van der Waals surface area contributed by atoms with Crippen LogP contribution in [0.15, 0.2) is 36.5 Å². The van der Waals surface area contributed by atoms with Gasteiger partial charge in [-0.1, -0.05) is 230 Å². The highest BCUT2D eigenvalue weighted by Crippen LogP contribution is 2.16. The third-order valence-corrected chi connectivity index (χ3v) is 13.1. The number of carbonyl (C=O) groups excluding carboxylic acids is 2. The molecule has 0 saturated carbocycles. The van der Waals surface area contributed by atoms with E-state index in [1.54, 1.807) is 0 Å². The fraction of sp³-hybridized carbons (Fsp3) is 0.852. The monoisotopic (exact) mass is 989 g/mol. The third kappa shape index (κ3) is 53.3. The second kappa shape index (κ2) is 52.8. The largest absolute Gasteiger partial charge is 0.477 e. The number of ether oxygens (including phenoxy) is 4. The molecule has 0 aliphatic heterocycles. The van der Waals surface area contributed by atoms with Crippen LogP contribution in [0.1, 0.15) is 277 Å². The van der Waals surface area contributed by atoms with Gasteiger partial charge in [-0.25, -0.2) is 4.79 Å². The van der Waals surface area contributed by atoms with Gasteiger partial charge in [0.15, 0.2) is 6.10 Å². The van der Waals surface area contributed by atoms with Crippen molar-refractivity contribution in [1.82, 2.24) is 0 Å². The minimum absolute atomic E-state index is 0.181. The van der Waals surface area contributed by atoms with Gasteiger partial charge < -0.3 is 28.5 Å². The number of hydrogen-bond donors (Lipinski definition) is 1. The summed E-state index contributed by atoms with van der Waals surface area (Å²) in [6.45, 7) is 4.90. The van der Waals surface area contributed by atoms with E-state index in [-0.39, 0.29) is 32.2 Å². The smallest absolute Gasteiger partial charge is 0.361 e. The highest BCUT2D eigenvalue weighted by molar-refractivity contribution is 5.71. The molecule has 0 aromatic rings. The highest BCUT2D eigenvalue weighted by Gasteiger charge is 2.25. The molecule has 0 aliphatic rings. The molecule has 9 heteroatoms. The van der Waals surface area contributed by atoms with Crippen LogP contribution in [0.2, 0.25) is 0 Å². The second-order valence-electron chi connectivity index (χ2n) is 21.3. The lowest BCUT2D eigenvalue weighted by atomic mass is 10.0. The maximum absolute atomic E-state index is 12.9. The van der Waals surface area contributed by atoms with Gasteiger partial charge in [0.25, 0.3) is 6.29 Å². The minimum Gasteiger partial charge on any atom is -0.477 e. The number of carbonyl (C=O) groups is 3. The number of carboxylic acids is 1. The molecule has 0 bridgehead atoms. The van der Waals surface area contributed by atoms with Crippen LogP contribution in [-0.2, 0) is 33.3 Å². The Balaban J connectivity index is 4.19. The van der Waals surface area contributed by atoms with Crippen molar-refractivity contribution in [3.8, 4) is 0 Å². The maximum Gasteiger partial charge on any atom is 0.361 e. The quantitative estimate of drug-likeness (QED) is 0.0211. The normalized spacial score (nSPS) is 13.0. The van der Waals surface area contributed by atoms with E-state index in [1.165, 1.54) is 205 Å². The number of carboxylic acid groups (broad SMARTS) is 1. The van der Waals surface area contributed by atoms with Crippen LogP contribution in [0.25, 0.3) is 0 Å². The lowest BCUT2D eigenvalue weighted by Crippen LogP contribution is -2.40. The van der Waals surface area contributed by atoms with E-state index in [1.807, 2.05) is 21.1 Å². The molecule has 0 aromatic heterocycles. The van der Waals surface area contributed by atoms with Crippen molar-refractivity contribution in [2.75, 3.05) is 47.5 Å². The Kier molecular flexibility index (Phi) is 50.9. The van der Waals surface area contributed by atoms with Gasteiger partial charge in [-0.3, -0.25) is 9.59 Å². The summed E-state index contributed by atoms with van der Waals surface area (Å²) in [5.41, 5.74) is 0. The molecular formula is C61H114NO8+. The Bertz CT molecular complexity index is 1240. The predicted octanol–water partition coefficient (Wildman–Crippen LogP) is 17.3. The van der Waals surface area contributed by atoms with E-state index in [9.17, 15) is 19.5 Å². The first-order chi connectivity index (χ1) is 34.1. The molecule has 70 heavy (non-hydrogen) atoms. The van der Waals surface area contributed by atoms with E-state index in [0.29, 0.717) is 17.4 Å². The number of aliphatic carboxylic acids is 1. The molecule has 0 spiro atoms. The zero-order valence-corrected chi connectivity index (χ0v) is 46.7. The van der Waals surface area contributed by atoms with Crippen LogP contribution in [0, 0.1) is 0 Å². The van der Waals surface area contributed by atoms with Crippen molar-refractivity contribution in [3.63, 3.8) is 0 Å². The standard InChI is InChI=1S/C61H113NO8/c1-6-8-10-12-14-16-18-20-22-24-26-27-28-29-30-31-32-33-34-36-38-40-42-44-46-48-50-52-59(64)70-57(56-69-61(60(65)66)67-54-53-62(3,4)5)55-68-58(63)51-49-47-45-43-41-39-37-35-25-23-21-19-17-15-13-11-9-7-2/h18,20,23-26,57,61H,6-17,19,21-22,27-56H2,1-5H3/p+1/b20-18-,25-23-,26-24-. The molecular weight excluding hydrogens is 875 g/mol. The van der Waals surface area contributed by atoms with Gasteiger partial charge in [-0.15, -0.1) is 0 Å². The molecule has 0 radical (unpaired) electrons. The van der Waals surface area contributed by atoms with Gasteiger partial charge in [0.1, 0.15) is 13.2 Å². The van der Waals surface area contributed by atoms with Crippen LogP contribution in [0.5, 0.6) is 0 Å². The third-order valence-electron chi connectivity index (χ3n) is 13.1. The zero-order valence-electron chi connectivity index (χ0n) is 46.7. The van der Waals surface area contributed by atoms with Crippen molar-refractivity contribution in [2.24, 2.45) is 0 Å². The Labute approximate surface area is 432 Å². The topological polar surface area (TPSA) is 108 Å². The maximum atomic E-state index is 12.9. The van der Waals surface area contributed by atoms with E-state index in [4.69, 9.17) is 18.9 Å². The van der Waals surface area contributed by atoms with Gasteiger partial charge in [-0.05, 0) is 70.6 Å². The number of rotatable bonds is 55. The fourth-order valence-corrected chi connectivity index (χ4v) is 8.51. The fourth-order valence-electron chi connectivity index (χ4n) is 8.51. The average molecular weight is 990 g/mol. The summed E-state index contributed by atoms with van der Waals surface area (Å²) in [6, 6.07) is 0. The molecule has 0 heterocycles. The molecule has 0 aromatic carbocycles. The van der Waals surface area contributed by atoms with Crippen LogP contribution in [0.3, 0.4) is 0 Å². The Morgan fingerprint density at radius 1 is 0.429 bits per heavy atom. The number of unbranched alkanes of at least 4 members (excludes halogenated alkanes) is 34. The van der Waals surface area contributed by atoms with Crippen LogP contribution in [0.4, 0.5) is 0 Å². The molecule has 2 atom stereocenters. The molecule has 410 valence electrons. The summed E-state index contributed by atoms with van der Waals surface area (Å²) >= 11 is 0. The van der Waals surface area contributed by atoms with Crippen LogP contribution < -0.4 is 0 Å². The van der Waals surface area contributed by atoms with Crippen molar-refractivity contribution < 1.29 is 42.9 Å². The van der Waals surface area contributed by atoms with Gasteiger partial charge in [0, 0.05) is 12.8 Å². The summed E-state index contributed by atoms with van der Waals surface area (Å²) in [4.78, 5) is 37.4. The average Bonchev–Trinajstić information content (AvgIpc) is 3.33. The SMILES string of the molecule is CCCCCCC/C=C\C/C=C\CCCCCCCCCCCCCCCCCC(=O)OC(COC(=O)CCCCCCCCC/C=C\CCCCCCCCC)COC(OCC[N+](C)(C)C)C(=O)O. The van der Waals surface area contributed by atoms with Gasteiger partial charge in [0.05, 0.1) is 34.4 Å². The van der Waals surface area contributed by atoms with Crippen molar-refractivity contribution in [1.29, 1.82) is 0 Å². The Morgan fingerprint density at radius 3 is 1.14 bits per heavy atom. The molecule has 0 amide bonds. The van der Waals surface area contributed by atoms with Gasteiger partial charge in [0.2, 0.25) is 0 Å². The Hall–Kier alpha value is -2.49. The van der Waals surface area contributed by atoms with E-state index in [0.717, 1.165) is 44.9 Å². The number of allylic oxidation sites excluding steroid dienone is 6. The van der Waals surface area contributed by atoms with Crippen LogP contribution in [-0.4, -0.2) is 87.4 Å². The number of nitrogens with zero attached hydrogens (tertiary/aromatic N) is 1. The first kappa shape index (κ1) is 67.5. The van der Waals surface area contributed by atoms with Gasteiger partial charge in [-0.2, -0.15) is 0 Å². The van der Waals surface area contributed by atoms with Crippen molar-refractivity contribution in [3.05, 3.63) is 36.5 Å². The summed E-state index contributed by atoms with van der Waals surface area (Å²) in [6.07, 6.45) is 60.8. The van der Waals surface area contributed by atoms with Crippen molar-refractivity contribution in [2.45, 2.75) is 289 Å². The lowest BCUT2D eigenvalue weighted by molar-refractivity contribution is -0.870. The van der Waals surface area contributed by atoms with Crippen LogP contribution >= 0.6 is 0 Å². The molecule has 0 fully saturated rings. The summed E-state index contributed by atoms with van der Waals surface area (Å²) in [7, 11) is 5.97. The molecule has 1 N–H and O–H groups in total.